The van der Waals surface area contributed by atoms with Crippen LogP contribution in [0.2, 0.25) is 5.02 Å². The Bertz CT molecular complexity index is 848. The molecule has 2 rings (SSSR count). The number of benzene rings is 1. The summed E-state index contributed by atoms with van der Waals surface area (Å²) in [4.78, 5) is 24.0. The molecule has 0 aliphatic carbocycles. The van der Waals surface area contributed by atoms with E-state index in [4.69, 9.17) is 11.6 Å². The van der Waals surface area contributed by atoms with E-state index in [1.54, 1.807) is 37.3 Å². The predicted molar refractivity (Wildman–Crippen MR) is 94.2 cm³/mol. The Morgan fingerprint density at radius 2 is 2.00 bits per heavy atom. The second-order valence-electron chi connectivity index (χ2n) is 4.74. The van der Waals surface area contributed by atoms with E-state index in [1.165, 1.54) is 13.2 Å². The highest BCUT2D eigenvalue weighted by atomic mass is 35.5. The smallest absolute Gasteiger partial charge is 0.348 e. The summed E-state index contributed by atoms with van der Waals surface area (Å²) < 4.78 is 4.67. The van der Waals surface area contributed by atoms with Gasteiger partial charge in [0.25, 0.3) is 0 Å². The molecule has 0 saturated heterocycles. The number of hydrogen-bond donors (Lipinski definition) is 1. The first kappa shape index (κ1) is 17.7. The van der Waals surface area contributed by atoms with Gasteiger partial charge in [0.2, 0.25) is 5.91 Å². The minimum atomic E-state index is -0.536. The van der Waals surface area contributed by atoms with E-state index in [0.29, 0.717) is 20.5 Å². The summed E-state index contributed by atoms with van der Waals surface area (Å²) in [7, 11) is 1.26. The van der Waals surface area contributed by atoms with Crippen molar-refractivity contribution >= 4 is 45.9 Å². The number of amides is 1. The molecule has 0 saturated carbocycles. The molecule has 0 bridgehead atoms. The zero-order valence-corrected chi connectivity index (χ0v) is 14.5. The maximum Gasteiger partial charge on any atom is 0.348 e. The molecule has 0 fully saturated rings. The number of thiophene rings is 1. The topological polar surface area (TPSA) is 79.2 Å². The summed E-state index contributed by atoms with van der Waals surface area (Å²) >= 11 is 6.81. The number of anilines is 1. The largest absolute Gasteiger partial charge is 0.465 e. The molecule has 24 heavy (non-hydrogen) atoms. The normalized spacial score (nSPS) is 10.4. The first-order chi connectivity index (χ1) is 11.5. The number of nitriles is 1. The van der Waals surface area contributed by atoms with Crippen molar-refractivity contribution in [2.45, 2.75) is 6.92 Å². The molecule has 0 radical (unpaired) electrons. The fourth-order valence-corrected chi connectivity index (χ4v) is 3.13. The SMILES string of the molecule is COC(=O)c1sc(NC(=O)/C=C/c2ccc(Cl)cc2)c(C#N)c1C. The van der Waals surface area contributed by atoms with Crippen LogP contribution in [-0.2, 0) is 9.53 Å². The van der Waals surface area contributed by atoms with Crippen molar-refractivity contribution in [2.75, 3.05) is 12.4 Å². The summed E-state index contributed by atoms with van der Waals surface area (Å²) in [6, 6.07) is 8.99. The molecule has 1 amide bonds. The summed E-state index contributed by atoms with van der Waals surface area (Å²) in [5.41, 5.74) is 1.56. The predicted octanol–water partition coefficient (Wildman–Crippen LogP) is 4.02. The summed E-state index contributed by atoms with van der Waals surface area (Å²) in [6.45, 7) is 1.64. The number of esters is 1. The summed E-state index contributed by atoms with van der Waals surface area (Å²) in [5, 5.41) is 12.8. The Labute approximate surface area is 148 Å². The fraction of sp³-hybridized carbons (Fsp3) is 0.118. The van der Waals surface area contributed by atoms with Gasteiger partial charge in [-0.05, 0) is 36.3 Å². The van der Waals surface area contributed by atoms with Gasteiger partial charge in [-0.1, -0.05) is 23.7 Å². The first-order valence-corrected chi connectivity index (χ1v) is 8.02. The lowest BCUT2D eigenvalue weighted by Gasteiger charge is -1.99. The second kappa shape index (κ2) is 7.77. The van der Waals surface area contributed by atoms with Crippen LogP contribution in [0.15, 0.2) is 30.3 Å². The van der Waals surface area contributed by atoms with E-state index >= 15 is 0 Å². The molecule has 0 unspecified atom stereocenters. The number of methoxy groups -OCH3 is 1. The highest BCUT2D eigenvalue weighted by molar-refractivity contribution is 7.18. The van der Waals surface area contributed by atoms with Gasteiger partial charge in [0.1, 0.15) is 15.9 Å². The van der Waals surface area contributed by atoms with Crippen molar-refractivity contribution in [3.8, 4) is 6.07 Å². The molecular weight excluding hydrogens is 348 g/mol. The average Bonchev–Trinajstić information content (AvgIpc) is 2.89. The maximum atomic E-state index is 12.0. The Balaban J connectivity index is 2.18. The number of nitrogens with zero attached hydrogens (tertiary/aromatic N) is 1. The standard InChI is InChI=1S/C17H13ClN2O3S/c1-10-13(9-19)16(24-15(10)17(22)23-2)20-14(21)8-5-11-3-6-12(18)7-4-11/h3-8H,1-2H3,(H,20,21)/b8-5+. The Hall–Kier alpha value is -2.62. The zero-order chi connectivity index (χ0) is 17.7. The van der Waals surface area contributed by atoms with Crippen LogP contribution in [0.3, 0.4) is 0 Å². The summed E-state index contributed by atoms with van der Waals surface area (Å²) in [6.07, 6.45) is 2.97. The van der Waals surface area contributed by atoms with Crippen LogP contribution in [0.1, 0.15) is 26.4 Å². The van der Waals surface area contributed by atoms with E-state index in [1.807, 2.05) is 6.07 Å². The molecule has 7 heteroatoms. The third-order valence-electron chi connectivity index (χ3n) is 3.16. The maximum absolute atomic E-state index is 12.0. The number of ether oxygens (including phenoxy) is 1. The number of nitrogens with one attached hydrogen (secondary N) is 1. The van der Waals surface area contributed by atoms with Crippen molar-refractivity contribution in [3.63, 3.8) is 0 Å². The third kappa shape index (κ3) is 4.02. The number of hydrogen-bond acceptors (Lipinski definition) is 5. The van der Waals surface area contributed by atoms with Crippen molar-refractivity contribution in [3.05, 3.63) is 56.9 Å². The molecule has 0 spiro atoms. The van der Waals surface area contributed by atoms with Crippen molar-refractivity contribution in [1.82, 2.24) is 0 Å². The van der Waals surface area contributed by atoms with Crippen molar-refractivity contribution in [2.24, 2.45) is 0 Å². The number of halogens is 1. The zero-order valence-electron chi connectivity index (χ0n) is 12.9. The van der Waals surface area contributed by atoms with E-state index in [2.05, 4.69) is 10.1 Å². The number of carbonyl (C=O) groups excluding carboxylic acids is 2. The Morgan fingerprint density at radius 1 is 1.33 bits per heavy atom. The molecule has 5 nitrogen and oxygen atoms in total. The van der Waals surface area contributed by atoms with Gasteiger partial charge in [-0.25, -0.2) is 4.79 Å². The van der Waals surface area contributed by atoms with Gasteiger partial charge in [0.05, 0.1) is 12.7 Å². The third-order valence-corrected chi connectivity index (χ3v) is 4.60. The van der Waals surface area contributed by atoms with Gasteiger partial charge in [-0.15, -0.1) is 11.3 Å². The lowest BCUT2D eigenvalue weighted by atomic mass is 10.2. The number of rotatable bonds is 4. The highest BCUT2D eigenvalue weighted by Crippen LogP contribution is 2.32. The molecule has 1 heterocycles. The van der Waals surface area contributed by atoms with Crippen LogP contribution in [0, 0.1) is 18.3 Å². The minimum Gasteiger partial charge on any atom is -0.465 e. The van der Waals surface area contributed by atoms with E-state index in [-0.39, 0.29) is 5.56 Å². The van der Waals surface area contributed by atoms with Crippen molar-refractivity contribution in [1.29, 1.82) is 5.26 Å². The van der Waals surface area contributed by atoms with Crippen LogP contribution < -0.4 is 5.32 Å². The first-order valence-electron chi connectivity index (χ1n) is 6.82. The van der Waals surface area contributed by atoms with Crippen molar-refractivity contribution < 1.29 is 14.3 Å². The summed E-state index contributed by atoms with van der Waals surface area (Å²) in [5.74, 6) is -0.940. The lowest BCUT2D eigenvalue weighted by molar-refractivity contribution is -0.111. The quantitative estimate of drug-likeness (QED) is 0.659. The monoisotopic (exact) mass is 360 g/mol. The molecule has 1 aromatic carbocycles. The molecule has 122 valence electrons. The number of carbonyl (C=O) groups is 2. The van der Waals surface area contributed by atoms with Crippen LogP contribution >= 0.6 is 22.9 Å². The molecule has 0 aliphatic rings. The average molecular weight is 361 g/mol. The van der Waals surface area contributed by atoms with Crippen LogP contribution in [0.4, 0.5) is 5.00 Å². The van der Waals surface area contributed by atoms with E-state index in [0.717, 1.165) is 16.9 Å². The van der Waals surface area contributed by atoms with Gasteiger partial charge in [-0.3, -0.25) is 4.79 Å². The van der Waals surface area contributed by atoms with E-state index in [9.17, 15) is 14.9 Å². The minimum absolute atomic E-state index is 0.258. The molecule has 1 N–H and O–H groups in total. The molecule has 0 aliphatic heterocycles. The highest BCUT2D eigenvalue weighted by Gasteiger charge is 2.21. The second-order valence-corrected chi connectivity index (χ2v) is 6.19. The van der Waals surface area contributed by atoms with Crippen LogP contribution in [0.5, 0.6) is 0 Å². The molecule has 2 aromatic rings. The van der Waals surface area contributed by atoms with Gasteiger partial charge in [0, 0.05) is 11.1 Å². The van der Waals surface area contributed by atoms with Gasteiger partial charge < -0.3 is 10.1 Å². The molecular formula is C17H13ClN2O3S. The van der Waals surface area contributed by atoms with Crippen LogP contribution in [0.25, 0.3) is 6.08 Å². The Morgan fingerprint density at radius 3 is 2.58 bits per heavy atom. The van der Waals surface area contributed by atoms with Gasteiger partial charge in [-0.2, -0.15) is 5.26 Å². The van der Waals surface area contributed by atoms with Gasteiger partial charge in [0.15, 0.2) is 0 Å². The fourth-order valence-electron chi connectivity index (χ4n) is 1.92. The van der Waals surface area contributed by atoms with Crippen LogP contribution in [-0.4, -0.2) is 19.0 Å². The van der Waals surface area contributed by atoms with Gasteiger partial charge >= 0.3 is 5.97 Å². The molecule has 1 aromatic heterocycles. The Kier molecular flexibility index (Phi) is 5.74. The molecule has 0 atom stereocenters. The van der Waals surface area contributed by atoms with E-state index < -0.39 is 11.9 Å². The lowest BCUT2D eigenvalue weighted by Crippen LogP contribution is -2.07.